The third kappa shape index (κ3) is 7.79. The lowest BCUT2D eigenvalue weighted by Crippen LogP contribution is -2.57. The quantitative estimate of drug-likeness (QED) is 0.340. The molecule has 9 nitrogen and oxygen atoms in total. The number of hydrogen-bond acceptors (Lipinski definition) is 6. The topological polar surface area (TPSA) is 141 Å². The van der Waals surface area contributed by atoms with Crippen LogP contribution in [0.15, 0.2) is 48.7 Å². The second-order valence-corrected chi connectivity index (χ2v) is 7.98. The molecule has 32 heavy (non-hydrogen) atoms. The summed E-state index contributed by atoms with van der Waals surface area (Å²) in [6.45, 7) is 5.46. The van der Waals surface area contributed by atoms with E-state index in [9.17, 15) is 24.4 Å². The highest BCUT2D eigenvalue weighted by molar-refractivity contribution is 6.43. The lowest BCUT2D eigenvalue weighted by molar-refractivity contribution is -0.123. The zero-order chi connectivity index (χ0) is 23.7. The number of pyridine rings is 1. The highest BCUT2D eigenvalue weighted by Crippen LogP contribution is 2.07. The van der Waals surface area contributed by atoms with Crippen molar-refractivity contribution in [3.05, 3.63) is 65.5 Å². The summed E-state index contributed by atoms with van der Waals surface area (Å²) in [5.74, 6) is -2.50. The average Bonchev–Trinajstić information content (AvgIpc) is 2.76. The van der Waals surface area contributed by atoms with E-state index in [0.29, 0.717) is 12.0 Å². The van der Waals surface area contributed by atoms with Crippen LogP contribution in [0, 0.1) is 12.8 Å². The van der Waals surface area contributed by atoms with E-state index in [0.717, 1.165) is 5.56 Å². The number of hydrogen-bond donors (Lipinski definition) is 5. The molecule has 0 saturated heterocycles. The van der Waals surface area contributed by atoms with Gasteiger partial charge >= 0.3 is 7.12 Å². The van der Waals surface area contributed by atoms with Crippen LogP contribution in [-0.2, 0) is 4.79 Å². The minimum Gasteiger partial charge on any atom is -0.426 e. The molecule has 0 aliphatic carbocycles. The molecule has 0 bridgehead atoms. The normalized spacial score (nSPS) is 12.6. The molecule has 1 aromatic carbocycles. The Morgan fingerprint density at radius 2 is 1.69 bits per heavy atom. The van der Waals surface area contributed by atoms with E-state index in [1.54, 1.807) is 36.4 Å². The number of nitrogens with zero attached hydrogens (tertiary/aromatic N) is 1. The number of benzene rings is 1. The van der Waals surface area contributed by atoms with E-state index in [-0.39, 0.29) is 18.2 Å². The van der Waals surface area contributed by atoms with Crippen molar-refractivity contribution in [3.63, 3.8) is 0 Å². The Kier molecular flexibility index (Phi) is 9.36. The fourth-order valence-corrected chi connectivity index (χ4v) is 2.99. The summed E-state index contributed by atoms with van der Waals surface area (Å²) < 4.78 is 0. The van der Waals surface area contributed by atoms with Gasteiger partial charge in [0.1, 0.15) is 11.7 Å². The van der Waals surface area contributed by atoms with Crippen LogP contribution in [0.2, 0.25) is 0 Å². The van der Waals surface area contributed by atoms with Crippen LogP contribution in [0.3, 0.4) is 0 Å². The van der Waals surface area contributed by atoms with Crippen LogP contribution in [0.25, 0.3) is 0 Å². The lowest BCUT2D eigenvalue weighted by atomic mass is 9.75. The Hall–Kier alpha value is -3.24. The number of aryl methyl sites for hydroxylation is 1. The molecule has 0 fully saturated rings. The molecular weight excluding hydrogens is 411 g/mol. The zero-order valence-electron chi connectivity index (χ0n) is 18.4. The van der Waals surface area contributed by atoms with Gasteiger partial charge in [0.2, 0.25) is 5.91 Å². The van der Waals surface area contributed by atoms with Gasteiger partial charge in [0, 0.05) is 18.3 Å². The average molecular weight is 440 g/mol. The Balaban J connectivity index is 2.13. The predicted octanol–water partition coefficient (Wildman–Crippen LogP) is 0.461. The smallest absolute Gasteiger partial charge is 0.426 e. The number of rotatable bonds is 10. The first kappa shape index (κ1) is 25.0. The van der Waals surface area contributed by atoms with E-state index >= 15 is 0 Å². The van der Waals surface area contributed by atoms with Gasteiger partial charge in [0.25, 0.3) is 11.8 Å². The number of nitrogens with one attached hydrogen (secondary N) is 3. The maximum absolute atomic E-state index is 12.9. The molecule has 2 rings (SSSR count). The molecule has 0 saturated carbocycles. The van der Waals surface area contributed by atoms with E-state index in [4.69, 9.17) is 0 Å². The first-order valence-corrected chi connectivity index (χ1v) is 10.4. The second-order valence-electron chi connectivity index (χ2n) is 7.98. The summed E-state index contributed by atoms with van der Waals surface area (Å²) in [6, 6.07) is 10.5. The van der Waals surface area contributed by atoms with E-state index in [1.807, 2.05) is 20.8 Å². The van der Waals surface area contributed by atoms with Crippen LogP contribution in [0.5, 0.6) is 0 Å². The first-order valence-electron chi connectivity index (χ1n) is 10.4. The summed E-state index contributed by atoms with van der Waals surface area (Å²) in [6.07, 6.45) is 1.77. The number of carbonyl (C=O) groups is 3. The molecule has 0 radical (unpaired) electrons. The molecule has 170 valence electrons. The minimum absolute atomic E-state index is 0.0879. The van der Waals surface area contributed by atoms with Crippen molar-refractivity contribution in [3.8, 4) is 0 Å². The largest absolute Gasteiger partial charge is 0.475 e. The van der Waals surface area contributed by atoms with Gasteiger partial charge in [-0.05, 0) is 43.5 Å². The van der Waals surface area contributed by atoms with Crippen LogP contribution >= 0.6 is 0 Å². The van der Waals surface area contributed by atoms with Gasteiger partial charge in [-0.2, -0.15) is 0 Å². The van der Waals surface area contributed by atoms with Crippen LogP contribution in [-0.4, -0.2) is 58.4 Å². The third-order valence-electron chi connectivity index (χ3n) is 4.71. The Labute approximate surface area is 187 Å². The highest BCUT2D eigenvalue weighted by Gasteiger charge is 2.30. The molecule has 1 aromatic heterocycles. The zero-order valence-corrected chi connectivity index (χ0v) is 18.4. The van der Waals surface area contributed by atoms with Crippen molar-refractivity contribution >= 4 is 24.8 Å². The number of carbonyl (C=O) groups excluding carboxylic acids is 3. The van der Waals surface area contributed by atoms with E-state index in [2.05, 4.69) is 20.9 Å². The van der Waals surface area contributed by atoms with Gasteiger partial charge in [-0.3, -0.25) is 19.4 Å². The van der Waals surface area contributed by atoms with Crippen molar-refractivity contribution in [1.82, 2.24) is 20.9 Å². The maximum atomic E-state index is 12.9. The maximum Gasteiger partial charge on any atom is 0.475 e. The summed E-state index contributed by atoms with van der Waals surface area (Å²) in [5.41, 5.74) is 1.52. The number of amides is 3. The summed E-state index contributed by atoms with van der Waals surface area (Å²) >= 11 is 0. The summed E-state index contributed by atoms with van der Waals surface area (Å²) in [5, 5.41) is 27.0. The Morgan fingerprint density at radius 3 is 2.25 bits per heavy atom. The standard InChI is InChI=1S/C22H29BN4O5/c1-14(2)12-19(23(31)32)27-22(30)18(26-21(29)17-6-4-5-11-24-17)13-25-20(28)16-9-7-15(3)8-10-16/h4-11,14,18-19,31-32H,12-13H2,1-3H3,(H,25,28)(H,26,29)(H,27,30)/t18-,19-/m0/s1. The summed E-state index contributed by atoms with van der Waals surface area (Å²) in [4.78, 5) is 41.9. The van der Waals surface area contributed by atoms with E-state index in [1.165, 1.54) is 12.3 Å². The Morgan fingerprint density at radius 1 is 1.00 bits per heavy atom. The Bertz CT molecular complexity index is 906. The van der Waals surface area contributed by atoms with Crippen molar-refractivity contribution in [2.45, 2.75) is 39.2 Å². The molecule has 0 spiro atoms. The first-order chi connectivity index (χ1) is 15.2. The fraction of sp³-hybridized carbons (Fsp3) is 0.364. The molecule has 0 aliphatic rings. The molecule has 1 heterocycles. The lowest BCUT2D eigenvalue weighted by Gasteiger charge is -2.24. The predicted molar refractivity (Wildman–Crippen MR) is 121 cm³/mol. The van der Waals surface area contributed by atoms with Gasteiger partial charge in [0.05, 0.1) is 5.94 Å². The van der Waals surface area contributed by atoms with Crippen molar-refractivity contribution in [1.29, 1.82) is 0 Å². The second kappa shape index (κ2) is 12.0. The molecule has 5 N–H and O–H groups in total. The van der Waals surface area contributed by atoms with Crippen LogP contribution < -0.4 is 16.0 Å². The molecule has 0 aliphatic heterocycles. The third-order valence-corrected chi connectivity index (χ3v) is 4.71. The van der Waals surface area contributed by atoms with Gasteiger partial charge in [-0.1, -0.05) is 37.6 Å². The van der Waals surface area contributed by atoms with Crippen molar-refractivity contribution in [2.24, 2.45) is 5.92 Å². The molecular formula is C22H29BN4O5. The summed E-state index contributed by atoms with van der Waals surface area (Å²) in [7, 11) is -1.77. The molecule has 3 amide bonds. The van der Waals surface area contributed by atoms with Gasteiger partial charge in [0.15, 0.2) is 0 Å². The monoisotopic (exact) mass is 440 g/mol. The highest BCUT2D eigenvalue weighted by atomic mass is 16.4. The SMILES string of the molecule is Cc1ccc(C(=O)NC[C@H](NC(=O)c2ccccn2)C(=O)N[C@@H](CC(C)C)B(O)O)cc1. The van der Waals surface area contributed by atoms with Crippen LogP contribution in [0.4, 0.5) is 0 Å². The molecule has 10 heteroatoms. The van der Waals surface area contributed by atoms with Crippen molar-refractivity contribution in [2.75, 3.05) is 6.54 Å². The van der Waals surface area contributed by atoms with Crippen LogP contribution in [0.1, 0.15) is 46.7 Å². The van der Waals surface area contributed by atoms with Gasteiger partial charge in [-0.15, -0.1) is 0 Å². The molecule has 0 unspecified atom stereocenters. The molecule has 2 atom stereocenters. The minimum atomic E-state index is -1.77. The van der Waals surface area contributed by atoms with E-state index < -0.39 is 36.8 Å². The van der Waals surface area contributed by atoms with Crippen molar-refractivity contribution < 1.29 is 24.4 Å². The molecule has 2 aromatic rings. The van der Waals surface area contributed by atoms with Gasteiger partial charge in [-0.25, -0.2) is 0 Å². The fourth-order valence-electron chi connectivity index (χ4n) is 2.99. The number of aromatic nitrogens is 1. The van der Waals surface area contributed by atoms with Gasteiger partial charge < -0.3 is 26.0 Å².